The first-order chi connectivity index (χ1) is 12.7. The van der Waals surface area contributed by atoms with Crippen molar-refractivity contribution in [3.05, 3.63) is 90.3 Å². The van der Waals surface area contributed by atoms with E-state index in [2.05, 4.69) is 20.4 Å². The number of oxime groups is 1. The number of hydrogen-bond acceptors (Lipinski definition) is 6. The summed E-state index contributed by atoms with van der Waals surface area (Å²) in [5.41, 5.74) is 7.83. The SMILES string of the molecule is NC(=NOC(=O)c1ccc(N=Nc2ccccc2)cc1)c1ccccn1. The zero-order valence-corrected chi connectivity index (χ0v) is 13.7. The summed E-state index contributed by atoms with van der Waals surface area (Å²) >= 11 is 0. The second-order valence-electron chi connectivity index (χ2n) is 5.15. The highest BCUT2D eigenvalue weighted by atomic mass is 16.7. The van der Waals surface area contributed by atoms with Gasteiger partial charge in [-0.2, -0.15) is 10.2 Å². The second-order valence-corrected chi connectivity index (χ2v) is 5.15. The van der Waals surface area contributed by atoms with Crippen LogP contribution in [-0.4, -0.2) is 16.8 Å². The Morgan fingerprint density at radius 2 is 1.50 bits per heavy atom. The molecule has 0 aliphatic rings. The molecule has 0 amide bonds. The molecule has 7 heteroatoms. The van der Waals surface area contributed by atoms with Crippen LogP contribution in [0.1, 0.15) is 16.1 Å². The van der Waals surface area contributed by atoms with Crippen LogP contribution in [-0.2, 0) is 4.84 Å². The molecule has 0 fully saturated rings. The number of nitrogens with zero attached hydrogens (tertiary/aromatic N) is 4. The standard InChI is InChI=1S/C19H15N5O2/c20-18(17-8-4-5-13-21-17)24-26-19(25)14-9-11-16(12-10-14)23-22-15-6-2-1-3-7-15/h1-13H,(H2,20,24). The lowest BCUT2D eigenvalue weighted by Crippen LogP contribution is -2.16. The van der Waals surface area contributed by atoms with Crippen molar-refractivity contribution in [1.82, 2.24) is 4.98 Å². The Bertz CT molecular complexity index is 923. The van der Waals surface area contributed by atoms with Gasteiger partial charge in [-0.3, -0.25) is 4.98 Å². The molecule has 0 atom stereocenters. The third kappa shape index (κ3) is 4.57. The maximum absolute atomic E-state index is 12.0. The number of pyridine rings is 1. The Morgan fingerprint density at radius 3 is 2.15 bits per heavy atom. The summed E-state index contributed by atoms with van der Waals surface area (Å²) in [4.78, 5) is 20.9. The summed E-state index contributed by atoms with van der Waals surface area (Å²) in [7, 11) is 0. The average Bonchev–Trinajstić information content (AvgIpc) is 2.72. The number of carbonyl (C=O) groups is 1. The summed E-state index contributed by atoms with van der Waals surface area (Å²) in [5, 5.41) is 11.8. The molecule has 3 rings (SSSR count). The molecule has 128 valence electrons. The lowest BCUT2D eigenvalue weighted by molar-refractivity contribution is 0.0516. The maximum atomic E-state index is 12.0. The molecule has 26 heavy (non-hydrogen) atoms. The first kappa shape index (κ1) is 17.0. The lowest BCUT2D eigenvalue weighted by Gasteiger charge is -2.01. The van der Waals surface area contributed by atoms with Crippen LogP contribution >= 0.6 is 0 Å². The number of rotatable bonds is 5. The van der Waals surface area contributed by atoms with Gasteiger partial charge in [0.1, 0.15) is 5.69 Å². The number of amidine groups is 1. The van der Waals surface area contributed by atoms with Crippen LogP contribution in [0, 0.1) is 0 Å². The highest BCUT2D eigenvalue weighted by Crippen LogP contribution is 2.18. The van der Waals surface area contributed by atoms with E-state index < -0.39 is 5.97 Å². The van der Waals surface area contributed by atoms with Crippen LogP contribution in [0.4, 0.5) is 11.4 Å². The molecule has 2 N–H and O–H groups in total. The van der Waals surface area contributed by atoms with Gasteiger partial charge in [0.15, 0.2) is 5.84 Å². The quantitative estimate of drug-likeness (QED) is 0.248. The molecular formula is C19H15N5O2. The molecule has 2 aromatic carbocycles. The maximum Gasteiger partial charge on any atom is 0.365 e. The molecule has 0 unspecified atom stereocenters. The zero-order chi connectivity index (χ0) is 18.2. The molecule has 0 bridgehead atoms. The summed E-state index contributed by atoms with van der Waals surface area (Å²) in [6, 6.07) is 21.0. The van der Waals surface area contributed by atoms with Crippen molar-refractivity contribution >= 4 is 23.2 Å². The first-order valence-corrected chi connectivity index (χ1v) is 7.75. The second kappa shape index (κ2) is 8.29. The predicted octanol–water partition coefficient (Wildman–Crippen LogP) is 3.97. The van der Waals surface area contributed by atoms with Gasteiger partial charge in [0.25, 0.3) is 0 Å². The third-order valence-corrected chi connectivity index (χ3v) is 3.29. The number of nitrogens with two attached hydrogens (primary N) is 1. The normalized spacial score (nSPS) is 11.5. The molecule has 0 aliphatic heterocycles. The van der Waals surface area contributed by atoms with E-state index in [-0.39, 0.29) is 5.84 Å². The number of hydrogen-bond donors (Lipinski definition) is 1. The van der Waals surface area contributed by atoms with E-state index in [1.165, 1.54) is 0 Å². The van der Waals surface area contributed by atoms with Crippen molar-refractivity contribution in [2.75, 3.05) is 0 Å². The van der Waals surface area contributed by atoms with Gasteiger partial charge in [-0.05, 0) is 48.5 Å². The number of benzene rings is 2. The van der Waals surface area contributed by atoms with Gasteiger partial charge in [-0.1, -0.05) is 29.4 Å². The van der Waals surface area contributed by atoms with Crippen LogP contribution in [0.15, 0.2) is 94.4 Å². The smallest absolute Gasteiger partial charge is 0.365 e. The molecule has 1 heterocycles. The van der Waals surface area contributed by atoms with E-state index in [0.29, 0.717) is 16.9 Å². The fourth-order valence-electron chi connectivity index (χ4n) is 1.98. The fourth-order valence-corrected chi connectivity index (χ4v) is 1.98. The number of carbonyl (C=O) groups excluding carboxylic acids is 1. The number of aromatic nitrogens is 1. The third-order valence-electron chi connectivity index (χ3n) is 3.29. The molecule has 0 aliphatic carbocycles. The first-order valence-electron chi connectivity index (χ1n) is 7.75. The Kier molecular flexibility index (Phi) is 5.41. The lowest BCUT2D eigenvalue weighted by atomic mass is 10.2. The topological polar surface area (TPSA) is 102 Å². The van der Waals surface area contributed by atoms with Crippen LogP contribution in [0.25, 0.3) is 0 Å². The minimum atomic E-state index is -0.629. The zero-order valence-electron chi connectivity index (χ0n) is 13.7. The highest BCUT2D eigenvalue weighted by Gasteiger charge is 2.08. The van der Waals surface area contributed by atoms with Crippen LogP contribution in [0.3, 0.4) is 0 Å². The molecule has 0 saturated carbocycles. The van der Waals surface area contributed by atoms with Gasteiger partial charge in [0.2, 0.25) is 0 Å². The van der Waals surface area contributed by atoms with Gasteiger partial charge >= 0.3 is 5.97 Å². The van der Waals surface area contributed by atoms with E-state index in [4.69, 9.17) is 10.6 Å². The fraction of sp³-hybridized carbons (Fsp3) is 0. The molecule has 3 aromatic rings. The Labute approximate surface area is 149 Å². The van der Waals surface area contributed by atoms with E-state index in [1.807, 2.05) is 30.3 Å². The minimum absolute atomic E-state index is 0.0206. The van der Waals surface area contributed by atoms with Crippen LogP contribution in [0.2, 0.25) is 0 Å². The Balaban J connectivity index is 1.63. The van der Waals surface area contributed by atoms with Crippen molar-refractivity contribution in [2.24, 2.45) is 21.1 Å². The van der Waals surface area contributed by atoms with E-state index in [0.717, 1.165) is 5.69 Å². The molecule has 7 nitrogen and oxygen atoms in total. The summed E-state index contributed by atoms with van der Waals surface area (Å²) in [6.07, 6.45) is 1.57. The van der Waals surface area contributed by atoms with E-state index in [1.54, 1.807) is 48.7 Å². The molecule has 1 aromatic heterocycles. The van der Waals surface area contributed by atoms with Gasteiger partial charge in [-0.25, -0.2) is 4.79 Å². The van der Waals surface area contributed by atoms with Gasteiger partial charge in [-0.15, -0.1) is 0 Å². The Morgan fingerprint density at radius 1 is 0.846 bits per heavy atom. The summed E-state index contributed by atoms with van der Waals surface area (Å²) in [6.45, 7) is 0. The molecule has 0 saturated heterocycles. The average molecular weight is 345 g/mol. The van der Waals surface area contributed by atoms with Crippen LogP contribution < -0.4 is 5.73 Å². The van der Waals surface area contributed by atoms with Crippen molar-refractivity contribution in [3.8, 4) is 0 Å². The number of azo groups is 1. The van der Waals surface area contributed by atoms with Crippen LogP contribution in [0.5, 0.6) is 0 Å². The Hall–Kier alpha value is -3.87. The summed E-state index contributed by atoms with van der Waals surface area (Å²) in [5.74, 6) is -0.609. The summed E-state index contributed by atoms with van der Waals surface area (Å²) < 4.78 is 0. The predicted molar refractivity (Wildman–Crippen MR) is 97.4 cm³/mol. The van der Waals surface area contributed by atoms with Crippen molar-refractivity contribution in [3.63, 3.8) is 0 Å². The van der Waals surface area contributed by atoms with Crippen molar-refractivity contribution in [2.45, 2.75) is 0 Å². The van der Waals surface area contributed by atoms with Crippen molar-refractivity contribution in [1.29, 1.82) is 0 Å². The van der Waals surface area contributed by atoms with Gasteiger partial charge in [0.05, 0.1) is 16.9 Å². The monoisotopic (exact) mass is 345 g/mol. The van der Waals surface area contributed by atoms with Gasteiger partial charge in [0, 0.05) is 6.20 Å². The van der Waals surface area contributed by atoms with Crippen molar-refractivity contribution < 1.29 is 9.63 Å². The molecule has 0 radical (unpaired) electrons. The van der Waals surface area contributed by atoms with E-state index in [9.17, 15) is 4.79 Å². The molecule has 0 spiro atoms. The van der Waals surface area contributed by atoms with E-state index >= 15 is 0 Å². The highest BCUT2D eigenvalue weighted by molar-refractivity contribution is 5.96. The minimum Gasteiger partial charge on any atom is -0.379 e. The molecular weight excluding hydrogens is 330 g/mol. The van der Waals surface area contributed by atoms with Gasteiger partial charge < -0.3 is 10.6 Å². The largest absolute Gasteiger partial charge is 0.379 e.